The van der Waals surface area contributed by atoms with Crippen LogP contribution in [-0.4, -0.2) is 24.9 Å². The number of para-hydroxylation sites is 1. The lowest BCUT2D eigenvalue weighted by Crippen LogP contribution is -2.30. The van der Waals surface area contributed by atoms with Crippen molar-refractivity contribution >= 4 is 39.9 Å². The summed E-state index contributed by atoms with van der Waals surface area (Å²) in [6, 6.07) is 17.4. The molecule has 0 saturated carbocycles. The summed E-state index contributed by atoms with van der Waals surface area (Å²) in [7, 11) is 1.56. The Labute approximate surface area is 202 Å². The zero-order valence-electron chi connectivity index (χ0n) is 19.3. The fourth-order valence-electron chi connectivity index (χ4n) is 3.66. The molecule has 34 heavy (non-hydrogen) atoms. The van der Waals surface area contributed by atoms with Crippen LogP contribution in [0, 0.1) is 13.8 Å². The number of carbonyl (C=O) groups is 2. The quantitative estimate of drug-likeness (QED) is 0.314. The zero-order chi connectivity index (χ0) is 24.4. The van der Waals surface area contributed by atoms with Crippen LogP contribution in [-0.2, 0) is 4.79 Å². The summed E-state index contributed by atoms with van der Waals surface area (Å²) in [5.74, 6) is 0.444. The van der Waals surface area contributed by atoms with Crippen LogP contribution in [0.2, 0.25) is 5.02 Å². The third-order valence-electron chi connectivity index (χ3n) is 5.49. The first-order valence-electron chi connectivity index (χ1n) is 10.7. The first-order valence-corrected chi connectivity index (χ1v) is 11.1. The summed E-state index contributed by atoms with van der Waals surface area (Å²) in [5.41, 5.74) is 2.93. The second kappa shape index (κ2) is 9.61. The van der Waals surface area contributed by atoms with Gasteiger partial charge in [0.2, 0.25) is 5.78 Å². The number of fused-ring (bicyclic) bond motifs is 1. The number of carbonyl (C=O) groups excluding carboxylic acids is 2. The van der Waals surface area contributed by atoms with Gasteiger partial charge in [0.05, 0.1) is 12.8 Å². The van der Waals surface area contributed by atoms with Gasteiger partial charge in [-0.2, -0.15) is 0 Å². The predicted molar refractivity (Wildman–Crippen MR) is 132 cm³/mol. The number of benzene rings is 3. The van der Waals surface area contributed by atoms with E-state index in [1.807, 2.05) is 19.9 Å². The van der Waals surface area contributed by atoms with Crippen LogP contribution in [0.15, 0.2) is 65.1 Å². The summed E-state index contributed by atoms with van der Waals surface area (Å²) in [5, 5.41) is 4.12. The van der Waals surface area contributed by atoms with Gasteiger partial charge < -0.3 is 19.2 Å². The number of hydrogen-bond donors (Lipinski definition) is 1. The molecule has 0 aliphatic rings. The minimum atomic E-state index is -0.836. The minimum Gasteiger partial charge on any atom is -0.497 e. The molecule has 174 valence electrons. The third kappa shape index (κ3) is 4.63. The number of rotatable bonds is 7. The van der Waals surface area contributed by atoms with Gasteiger partial charge >= 0.3 is 0 Å². The number of ketones is 1. The highest BCUT2D eigenvalue weighted by atomic mass is 35.5. The molecule has 1 unspecified atom stereocenters. The van der Waals surface area contributed by atoms with Crippen LogP contribution in [0.4, 0.5) is 5.69 Å². The SMILES string of the molecule is COc1ccc(C(=O)c2oc3ccccc3c2NC(=O)C(C)Oc2cc(C)c(Cl)c(C)c2)cc1. The predicted octanol–water partition coefficient (Wildman–Crippen LogP) is 6.35. The second-order valence-electron chi connectivity index (χ2n) is 7.98. The molecule has 0 aliphatic carbocycles. The van der Waals surface area contributed by atoms with Crippen LogP contribution in [0.1, 0.15) is 34.2 Å². The number of hydrogen-bond acceptors (Lipinski definition) is 5. The number of nitrogens with one attached hydrogen (secondary N) is 1. The van der Waals surface area contributed by atoms with Crippen molar-refractivity contribution in [3.63, 3.8) is 0 Å². The standard InChI is InChI=1S/C27H24ClNO5/c1-15-13-20(14-16(2)23(15)28)33-17(3)27(31)29-24-21-7-5-6-8-22(21)34-26(24)25(30)18-9-11-19(32-4)12-10-18/h5-14,17H,1-4H3,(H,29,31). The van der Waals surface area contributed by atoms with Gasteiger partial charge in [0, 0.05) is 16.0 Å². The van der Waals surface area contributed by atoms with Crippen LogP contribution in [0.25, 0.3) is 11.0 Å². The van der Waals surface area contributed by atoms with E-state index in [9.17, 15) is 9.59 Å². The van der Waals surface area contributed by atoms with Crippen molar-refractivity contribution < 1.29 is 23.5 Å². The van der Waals surface area contributed by atoms with Crippen LogP contribution < -0.4 is 14.8 Å². The van der Waals surface area contributed by atoms with E-state index in [0.29, 0.717) is 38.7 Å². The van der Waals surface area contributed by atoms with E-state index in [2.05, 4.69) is 5.32 Å². The zero-order valence-corrected chi connectivity index (χ0v) is 20.0. The fraction of sp³-hybridized carbons (Fsp3) is 0.185. The van der Waals surface area contributed by atoms with E-state index < -0.39 is 12.0 Å². The average Bonchev–Trinajstić information content (AvgIpc) is 3.20. The van der Waals surface area contributed by atoms with Gasteiger partial charge in [0.15, 0.2) is 11.9 Å². The van der Waals surface area contributed by atoms with Gasteiger partial charge in [0.25, 0.3) is 5.91 Å². The Balaban J connectivity index is 1.63. The highest BCUT2D eigenvalue weighted by Gasteiger charge is 2.25. The van der Waals surface area contributed by atoms with Gasteiger partial charge in [-0.15, -0.1) is 0 Å². The molecule has 4 aromatic rings. The molecular formula is C27H24ClNO5. The number of halogens is 1. The Bertz CT molecular complexity index is 1350. The normalized spacial score (nSPS) is 11.8. The van der Waals surface area contributed by atoms with E-state index in [4.69, 9.17) is 25.5 Å². The molecule has 7 heteroatoms. The lowest BCUT2D eigenvalue weighted by molar-refractivity contribution is -0.122. The van der Waals surface area contributed by atoms with Crippen molar-refractivity contribution in [2.75, 3.05) is 12.4 Å². The highest BCUT2D eigenvalue weighted by molar-refractivity contribution is 6.32. The molecule has 1 aromatic heterocycles. The molecule has 0 saturated heterocycles. The number of amides is 1. The van der Waals surface area contributed by atoms with E-state index in [1.165, 1.54) is 0 Å². The summed E-state index contributed by atoms with van der Waals surface area (Å²) in [4.78, 5) is 26.3. The molecule has 6 nitrogen and oxygen atoms in total. The second-order valence-corrected chi connectivity index (χ2v) is 8.36. The van der Waals surface area contributed by atoms with Gasteiger partial charge in [-0.25, -0.2) is 0 Å². The lowest BCUT2D eigenvalue weighted by Gasteiger charge is -2.16. The van der Waals surface area contributed by atoms with Crippen LogP contribution in [0.5, 0.6) is 11.5 Å². The van der Waals surface area contributed by atoms with Gasteiger partial charge in [-0.3, -0.25) is 9.59 Å². The largest absolute Gasteiger partial charge is 0.497 e. The molecule has 0 bridgehead atoms. The van der Waals surface area contributed by atoms with Gasteiger partial charge in [-0.05, 0) is 80.4 Å². The third-order valence-corrected chi connectivity index (χ3v) is 6.09. The Morgan fingerprint density at radius 1 is 0.971 bits per heavy atom. The molecule has 4 rings (SSSR count). The maximum absolute atomic E-state index is 13.3. The van der Waals surface area contributed by atoms with Gasteiger partial charge in [-0.1, -0.05) is 23.7 Å². The number of furan rings is 1. The molecule has 0 aliphatic heterocycles. The number of anilines is 1. The average molecular weight is 478 g/mol. The molecule has 1 amide bonds. The Morgan fingerprint density at radius 2 is 1.62 bits per heavy atom. The Kier molecular flexibility index (Phi) is 6.61. The molecule has 0 spiro atoms. The van der Waals surface area contributed by atoms with Crippen molar-refractivity contribution in [3.8, 4) is 11.5 Å². The van der Waals surface area contributed by atoms with Crippen molar-refractivity contribution in [2.24, 2.45) is 0 Å². The molecular weight excluding hydrogens is 454 g/mol. The first-order chi connectivity index (χ1) is 16.3. The molecule has 0 fully saturated rings. The topological polar surface area (TPSA) is 77.8 Å². The minimum absolute atomic E-state index is 0.0464. The maximum atomic E-state index is 13.3. The summed E-state index contributed by atoms with van der Waals surface area (Å²) in [6.45, 7) is 5.39. The van der Waals surface area contributed by atoms with Crippen molar-refractivity contribution in [3.05, 3.63) is 88.1 Å². The van der Waals surface area contributed by atoms with E-state index >= 15 is 0 Å². The first kappa shape index (κ1) is 23.4. The molecule has 1 atom stereocenters. The fourth-order valence-corrected chi connectivity index (χ4v) is 3.77. The molecule has 0 radical (unpaired) electrons. The van der Waals surface area contributed by atoms with Crippen molar-refractivity contribution in [1.29, 1.82) is 0 Å². The molecule has 1 heterocycles. The van der Waals surface area contributed by atoms with E-state index in [-0.39, 0.29) is 11.5 Å². The van der Waals surface area contributed by atoms with Crippen LogP contribution in [0.3, 0.4) is 0 Å². The summed E-state index contributed by atoms with van der Waals surface area (Å²) in [6.07, 6.45) is -0.836. The lowest BCUT2D eigenvalue weighted by atomic mass is 10.1. The number of aryl methyl sites for hydroxylation is 2. The summed E-state index contributed by atoms with van der Waals surface area (Å²) >= 11 is 6.23. The van der Waals surface area contributed by atoms with Crippen LogP contribution >= 0.6 is 11.6 Å². The van der Waals surface area contributed by atoms with E-state index in [1.54, 1.807) is 68.6 Å². The monoisotopic (exact) mass is 477 g/mol. The van der Waals surface area contributed by atoms with E-state index in [0.717, 1.165) is 11.1 Å². The maximum Gasteiger partial charge on any atom is 0.265 e. The number of methoxy groups -OCH3 is 1. The summed E-state index contributed by atoms with van der Waals surface area (Å²) < 4.78 is 16.9. The Morgan fingerprint density at radius 3 is 2.26 bits per heavy atom. The smallest absolute Gasteiger partial charge is 0.265 e. The van der Waals surface area contributed by atoms with Crippen molar-refractivity contribution in [1.82, 2.24) is 0 Å². The number of ether oxygens (including phenoxy) is 2. The molecule has 3 aromatic carbocycles. The van der Waals surface area contributed by atoms with Crippen molar-refractivity contribution in [2.45, 2.75) is 26.9 Å². The van der Waals surface area contributed by atoms with Gasteiger partial charge in [0.1, 0.15) is 17.1 Å². The Hall–Kier alpha value is -3.77. The highest BCUT2D eigenvalue weighted by Crippen LogP contribution is 2.33. The molecule has 1 N–H and O–H groups in total.